The highest BCUT2D eigenvalue weighted by Gasteiger charge is 2.41. The van der Waals surface area contributed by atoms with E-state index in [2.05, 4.69) is 25.2 Å². The Bertz CT molecular complexity index is 411. The van der Waals surface area contributed by atoms with E-state index in [1.54, 1.807) is 7.11 Å². The van der Waals surface area contributed by atoms with E-state index >= 15 is 0 Å². The standard InChI is InChI=1S/C14H21NO2/c1-10-11(2)13(17-3)5-4-12(10)15-8-14(9-16)6-7-14/h4-5,15-16H,6-9H2,1-3H3. The molecule has 1 aliphatic rings. The third kappa shape index (κ3) is 2.39. The molecule has 1 fully saturated rings. The molecule has 0 saturated heterocycles. The molecular weight excluding hydrogens is 214 g/mol. The molecule has 0 aromatic heterocycles. The topological polar surface area (TPSA) is 41.5 Å². The molecule has 17 heavy (non-hydrogen) atoms. The molecule has 2 N–H and O–H groups in total. The molecule has 3 heteroatoms. The maximum absolute atomic E-state index is 9.28. The lowest BCUT2D eigenvalue weighted by molar-refractivity contribution is 0.220. The van der Waals surface area contributed by atoms with E-state index in [0.717, 1.165) is 30.8 Å². The summed E-state index contributed by atoms with van der Waals surface area (Å²) >= 11 is 0. The highest BCUT2D eigenvalue weighted by Crippen LogP contribution is 2.45. The summed E-state index contributed by atoms with van der Waals surface area (Å²) in [4.78, 5) is 0. The van der Waals surface area contributed by atoms with Gasteiger partial charge in [-0.2, -0.15) is 0 Å². The van der Waals surface area contributed by atoms with Gasteiger partial charge >= 0.3 is 0 Å². The van der Waals surface area contributed by atoms with E-state index in [0.29, 0.717) is 0 Å². The third-order valence-electron chi connectivity index (χ3n) is 3.90. The zero-order valence-corrected chi connectivity index (χ0v) is 10.8. The van der Waals surface area contributed by atoms with Crippen LogP contribution in [0.3, 0.4) is 0 Å². The van der Waals surface area contributed by atoms with Gasteiger partial charge < -0.3 is 15.2 Å². The smallest absolute Gasteiger partial charge is 0.122 e. The Hall–Kier alpha value is -1.22. The molecule has 1 aromatic carbocycles. The van der Waals surface area contributed by atoms with Gasteiger partial charge in [0, 0.05) is 17.6 Å². The molecular formula is C14H21NO2. The van der Waals surface area contributed by atoms with Gasteiger partial charge in [-0.25, -0.2) is 0 Å². The Labute approximate surface area is 103 Å². The van der Waals surface area contributed by atoms with Crippen LogP contribution in [0.2, 0.25) is 0 Å². The molecule has 1 saturated carbocycles. The Balaban J connectivity index is 2.09. The maximum atomic E-state index is 9.28. The molecule has 0 radical (unpaired) electrons. The van der Waals surface area contributed by atoms with Gasteiger partial charge in [0.2, 0.25) is 0 Å². The summed E-state index contributed by atoms with van der Waals surface area (Å²) in [6, 6.07) is 4.04. The normalized spacial score (nSPS) is 16.7. The highest BCUT2D eigenvalue weighted by atomic mass is 16.5. The van der Waals surface area contributed by atoms with Crippen molar-refractivity contribution < 1.29 is 9.84 Å². The predicted molar refractivity (Wildman–Crippen MR) is 69.7 cm³/mol. The number of rotatable bonds is 5. The number of anilines is 1. The maximum Gasteiger partial charge on any atom is 0.122 e. The van der Waals surface area contributed by atoms with E-state index in [1.807, 2.05) is 6.07 Å². The van der Waals surface area contributed by atoms with E-state index in [9.17, 15) is 5.11 Å². The van der Waals surface area contributed by atoms with Crippen molar-refractivity contribution >= 4 is 5.69 Å². The number of hydrogen-bond donors (Lipinski definition) is 2. The van der Waals surface area contributed by atoms with Gasteiger partial charge in [0.05, 0.1) is 13.7 Å². The van der Waals surface area contributed by atoms with Crippen molar-refractivity contribution in [2.45, 2.75) is 26.7 Å². The number of aliphatic hydroxyl groups is 1. The average Bonchev–Trinajstić information content (AvgIpc) is 3.12. The summed E-state index contributed by atoms with van der Waals surface area (Å²) in [7, 11) is 1.69. The minimum atomic E-state index is 0.139. The van der Waals surface area contributed by atoms with Crippen molar-refractivity contribution in [3.8, 4) is 5.75 Å². The van der Waals surface area contributed by atoms with Crippen LogP contribution < -0.4 is 10.1 Å². The Morgan fingerprint density at radius 3 is 2.53 bits per heavy atom. The lowest BCUT2D eigenvalue weighted by atomic mass is 10.1. The first kappa shape index (κ1) is 12.2. The monoisotopic (exact) mass is 235 g/mol. The van der Waals surface area contributed by atoms with Crippen molar-refractivity contribution in [3.63, 3.8) is 0 Å². The first-order valence-corrected chi connectivity index (χ1v) is 6.11. The average molecular weight is 235 g/mol. The van der Waals surface area contributed by atoms with Gasteiger partial charge in [-0.3, -0.25) is 0 Å². The van der Waals surface area contributed by atoms with Crippen LogP contribution in [0.1, 0.15) is 24.0 Å². The van der Waals surface area contributed by atoms with Crippen LogP contribution in [-0.2, 0) is 0 Å². The summed E-state index contributed by atoms with van der Waals surface area (Å²) in [5.74, 6) is 0.927. The zero-order chi connectivity index (χ0) is 12.5. The Morgan fingerprint density at radius 1 is 1.29 bits per heavy atom. The van der Waals surface area contributed by atoms with E-state index in [1.165, 1.54) is 11.1 Å². The lowest BCUT2D eigenvalue weighted by Gasteiger charge is -2.17. The summed E-state index contributed by atoms with van der Waals surface area (Å²) in [6.45, 7) is 5.31. The second-order valence-electron chi connectivity index (χ2n) is 5.08. The van der Waals surface area contributed by atoms with Crippen LogP contribution in [0, 0.1) is 19.3 Å². The van der Waals surface area contributed by atoms with Crippen molar-refractivity contribution in [3.05, 3.63) is 23.3 Å². The van der Waals surface area contributed by atoms with E-state index in [-0.39, 0.29) is 12.0 Å². The van der Waals surface area contributed by atoms with Crippen LogP contribution in [0.5, 0.6) is 5.75 Å². The largest absolute Gasteiger partial charge is 0.496 e. The highest BCUT2D eigenvalue weighted by molar-refractivity contribution is 5.58. The van der Waals surface area contributed by atoms with Crippen LogP contribution >= 0.6 is 0 Å². The molecule has 0 heterocycles. The summed E-state index contributed by atoms with van der Waals surface area (Å²) in [5, 5.41) is 12.7. The van der Waals surface area contributed by atoms with Gasteiger partial charge in [-0.05, 0) is 49.9 Å². The first-order chi connectivity index (χ1) is 8.12. The number of hydrogen-bond acceptors (Lipinski definition) is 3. The van der Waals surface area contributed by atoms with Crippen LogP contribution in [0.4, 0.5) is 5.69 Å². The number of aliphatic hydroxyl groups excluding tert-OH is 1. The molecule has 0 bridgehead atoms. The number of nitrogens with one attached hydrogen (secondary N) is 1. The zero-order valence-electron chi connectivity index (χ0n) is 10.8. The Kier molecular flexibility index (Phi) is 3.29. The van der Waals surface area contributed by atoms with Crippen molar-refractivity contribution in [1.82, 2.24) is 0 Å². The van der Waals surface area contributed by atoms with Gasteiger partial charge in [0.25, 0.3) is 0 Å². The molecule has 0 spiro atoms. The molecule has 0 atom stereocenters. The molecule has 1 aromatic rings. The quantitative estimate of drug-likeness (QED) is 0.824. The van der Waals surface area contributed by atoms with Crippen LogP contribution in [0.15, 0.2) is 12.1 Å². The molecule has 3 nitrogen and oxygen atoms in total. The molecule has 2 rings (SSSR count). The SMILES string of the molecule is COc1ccc(NCC2(CO)CC2)c(C)c1C. The number of methoxy groups -OCH3 is 1. The molecule has 1 aliphatic carbocycles. The number of benzene rings is 1. The van der Waals surface area contributed by atoms with Crippen molar-refractivity contribution in [1.29, 1.82) is 0 Å². The second kappa shape index (κ2) is 4.57. The van der Waals surface area contributed by atoms with Gasteiger partial charge in [0.15, 0.2) is 0 Å². The van der Waals surface area contributed by atoms with Crippen LogP contribution in [-0.4, -0.2) is 25.4 Å². The van der Waals surface area contributed by atoms with Crippen molar-refractivity contribution in [2.24, 2.45) is 5.41 Å². The molecule has 0 amide bonds. The fourth-order valence-electron chi connectivity index (χ4n) is 2.06. The van der Waals surface area contributed by atoms with E-state index < -0.39 is 0 Å². The third-order valence-corrected chi connectivity index (χ3v) is 3.90. The van der Waals surface area contributed by atoms with Gasteiger partial charge in [-0.15, -0.1) is 0 Å². The van der Waals surface area contributed by atoms with Gasteiger partial charge in [-0.1, -0.05) is 0 Å². The fraction of sp³-hybridized carbons (Fsp3) is 0.571. The second-order valence-corrected chi connectivity index (χ2v) is 5.08. The van der Waals surface area contributed by atoms with E-state index in [4.69, 9.17) is 4.74 Å². The summed E-state index contributed by atoms with van der Waals surface area (Å²) < 4.78 is 5.29. The fourth-order valence-corrected chi connectivity index (χ4v) is 2.06. The summed E-state index contributed by atoms with van der Waals surface area (Å²) in [5.41, 5.74) is 3.67. The molecule has 0 aliphatic heterocycles. The molecule has 0 unspecified atom stereocenters. The first-order valence-electron chi connectivity index (χ1n) is 6.11. The van der Waals surface area contributed by atoms with Crippen molar-refractivity contribution in [2.75, 3.05) is 25.6 Å². The predicted octanol–water partition coefficient (Wildman–Crippen LogP) is 2.50. The lowest BCUT2D eigenvalue weighted by Crippen LogP contribution is -2.19. The molecule has 94 valence electrons. The minimum absolute atomic E-state index is 0.139. The van der Waals surface area contributed by atoms with Crippen LogP contribution in [0.25, 0.3) is 0 Å². The summed E-state index contributed by atoms with van der Waals surface area (Å²) in [6.07, 6.45) is 2.26. The van der Waals surface area contributed by atoms with Gasteiger partial charge in [0.1, 0.15) is 5.75 Å². The Morgan fingerprint density at radius 2 is 2.00 bits per heavy atom. The number of ether oxygens (including phenoxy) is 1. The minimum Gasteiger partial charge on any atom is -0.496 e.